The molecule has 0 bridgehead atoms. The average Bonchev–Trinajstić information content (AvgIpc) is 2.79. The maximum absolute atomic E-state index is 12.7. The highest BCUT2D eigenvalue weighted by atomic mass is 35.5. The number of likely N-dealkylation sites (tertiary alicyclic amines) is 1. The van der Waals surface area contributed by atoms with Crippen molar-refractivity contribution in [1.82, 2.24) is 10.2 Å². The second kappa shape index (κ2) is 11.8. The van der Waals surface area contributed by atoms with Crippen molar-refractivity contribution in [3.8, 4) is 11.5 Å². The molecular weight excluding hydrogens is 471 g/mol. The Labute approximate surface area is 201 Å². The molecule has 33 heavy (non-hydrogen) atoms. The van der Waals surface area contributed by atoms with Crippen molar-refractivity contribution in [2.45, 2.75) is 25.8 Å². The van der Waals surface area contributed by atoms with Crippen LogP contribution in [0.1, 0.15) is 30.1 Å². The van der Waals surface area contributed by atoms with Crippen molar-refractivity contribution in [1.29, 1.82) is 0 Å². The Morgan fingerprint density at radius 1 is 1.06 bits per heavy atom. The molecule has 1 fully saturated rings. The highest BCUT2D eigenvalue weighted by molar-refractivity contribution is 6.35. The third kappa shape index (κ3) is 7.27. The van der Waals surface area contributed by atoms with Gasteiger partial charge in [0.05, 0.1) is 11.6 Å². The van der Waals surface area contributed by atoms with Gasteiger partial charge in [0.2, 0.25) is 0 Å². The first-order valence-electron chi connectivity index (χ1n) is 10.5. The number of piperidine rings is 1. The summed E-state index contributed by atoms with van der Waals surface area (Å²) in [5.41, 5.74) is 0.488. The predicted molar refractivity (Wildman–Crippen MR) is 123 cm³/mol. The summed E-state index contributed by atoms with van der Waals surface area (Å²) >= 11 is 11.9. The number of nitrogens with zero attached hydrogens (tertiary/aromatic N) is 1. The van der Waals surface area contributed by atoms with Crippen LogP contribution in [0, 0.1) is 0 Å². The maximum Gasteiger partial charge on any atom is 0.513 e. The molecule has 1 aliphatic heterocycles. The minimum atomic E-state index is -0.789. The van der Waals surface area contributed by atoms with E-state index in [1.807, 2.05) is 0 Å². The summed E-state index contributed by atoms with van der Waals surface area (Å²) in [7, 11) is 0. The largest absolute Gasteiger partial charge is 0.513 e. The van der Waals surface area contributed by atoms with Crippen molar-refractivity contribution >= 4 is 41.2 Å². The third-order valence-electron chi connectivity index (χ3n) is 4.96. The minimum absolute atomic E-state index is 0.0498. The number of halogens is 2. The lowest BCUT2D eigenvalue weighted by Gasteiger charge is -2.32. The van der Waals surface area contributed by atoms with Crippen LogP contribution in [0.2, 0.25) is 10.0 Å². The zero-order chi connectivity index (χ0) is 23.8. The molecule has 0 spiro atoms. The Balaban J connectivity index is 1.42. The van der Waals surface area contributed by atoms with E-state index in [2.05, 4.69) is 5.32 Å². The van der Waals surface area contributed by atoms with E-state index in [1.54, 1.807) is 54.3 Å². The van der Waals surface area contributed by atoms with E-state index < -0.39 is 6.16 Å². The van der Waals surface area contributed by atoms with Crippen molar-refractivity contribution in [3.63, 3.8) is 0 Å². The van der Waals surface area contributed by atoms with Crippen molar-refractivity contribution < 1.29 is 28.6 Å². The van der Waals surface area contributed by atoms with E-state index >= 15 is 0 Å². The van der Waals surface area contributed by atoms with Gasteiger partial charge in [-0.25, -0.2) is 4.79 Å². The predicted octanol–water partition coefficient (Wildman–Crippen LogP) is 4.33. The van der Waals surface area contributed by atoms with Gasteiger partial charge in [0.25, 0.3) is 11.8 Å². The number of carbonyl (C=O) groups excluding carboxylic acids is 3. The third-order valence-corrected chi connectivity index (χ3v) is 5.50. The summed E-state index contributed by atoms with van der Waals surface area (Å²) in [6.07, 6.45) is 0.467. The first-order valence-corrected chi connectivity index (χ1v) is 11.2. The number of amides is 2. The Morgan fingerprint density at radius 3 is 2.39 bits per heavy atom. The molecule has 0 aromatic heterocycles. The Hall–Kier alpha value is -2.97. The molecule has 8 nitrogen and oxygen atoms in total. The molecule has 1 N–H and O–H groups in total. The smallest absolute Gasteiger partial charge is 0.482 e. The number of ether oxygens (including phenoxy) is 3. The average molecular weight is 495 g/mol. The molecule has 2 aromatic rings. The number of rotatable bonds is 7. The highest BCUT2D eigenvalue weighted by Crippen LogP contribution is 2.27. The molecule has 1 heterocycles. The Bertz CT molecular complexity index is 991. The lowest BCUT2D eigenvalue weighted by Crippen LogP contribution is -2.47. The maximum atomic E-state index is 12.7. The highest BCUT2D eigenvalue weighted by Gasteiger charge is 2.25. The second-order valence-corrected chi connectivity index (χ2v) is 8.15. The summed E-state index contributed by atoms with van der Waals surface area (Å²) in [5.74, 6) is 0.301. The fraction of sp³-hybridized carbons (Fsp3) is 0.348. The fourth-order valence-corrected chi connectivity index (χ4v) is 3.79. The van der Waals surface area contributed by atoms with Crippen molar-refractivity contribution in [3.05, 3.63) is 58.1 Å². The monoisotopic (exact) mass is 494 g/mol. The molecule has 0 aliphatic carbocycles. The molecule has 1 saturated heterocycles. The molecule has 0 atom stereocenters. The van der Waals surface area contributed by atoms with Crippen molar-refractivity contribution in [2.75, 3.05) is 26.3 Å². The molecule has 2 aromatic carbocycles. The van der Waals surface area contributed by atoms with Gasteiger partial charge in [0, 0.05) is 29.7 Å². The van der Waals surface area contributed by atoms with Crippen LogP contribution in [-0.2, 0) is 9.53 Å². The lowest BCUT2D eigenvalue weighted by atomic mass is 10.0. The standard InChI is InChI=1S/C23H24Cl2N2O6/c1-2-31-23(30)33-18-6-3-15(4-7-18)22(29)27-11-9-17(10-12-27)26-21(28)14-32-20-8-5-16(24)13-19(20)25/h3-8,13,17H,2,9-12,14H2,1H3,(H,26,28). The Kier molecular flexibility index (Phi) is 8.79. The van der Waals surface area contributed by atoms with Gasteiger partial charge in [0.1, 0.15) is 11.5 Å². The molecule has 2 amide bonds. The summed E-state index contributed by atoms with van der Waals surface area (Å²) in [5, 5.41) is 3.74. The van der Waals surface area contributed by atoms with Crippen LogP contribution in [-0.4, -0.2) is 55.2 Å². The number of hydrogen-bond acceptors (Lipinski definition) is 6. The molecule has 0 unspecified atom stereocenters. The number of nitrogens with one attached hydrogen (secondary N) is 1. The van der Waals surface area contributed by atoms with Gasteiger partial charge < -0.3 is 24.4 Å². The minimum Gasteiger partial charge on any atom is -0.482 e. The SMILES string of the molecule is CCOC(=O)Oc1ccc(C(=O)N2CCC(NC(=O)COc3ccc(Cl)cc3Cl)CC2)cc1. The van der Waals surface area contributed by atoms with Crippen molar-refractivity contribution in [2.24, 2.45) is 0 Å². The zero-order valence-electron chi connectivity index (χ0n) is 18.0. The van der Waals surface area contributed by atoms with E-state index in [9.17, 15) is 14.4 Å². The number of benzene rings is 2. The van der Waals surface area contributed by atoms with Gasteiger partial charge in [-0.1, -0.05) is 23.2 Å². The molecule has 10 heteroatoms. The van der Waals surface area contributed by atoms with Crippen LogP contribution < -0.4 is 14.8 Å². The molecule has 0 saturated carbocycles. The van der Waals surface area contributed by atoms with E-state index in [1.165, 1.54) is 0 Å². The van der Waals surface area contributed by atoms with Gasteiger partial charge in [-0.15, -0.1) is 0 Å². The summed E-state index contributed by atoms with van der Waals surface area (Å²) < 4.78 is 15.2. The zero-order valence-corrected chi connectivity index (χ0v) is 19.5. The van der Waals surface area contributed by atoms with Crippen LogP contribution in [0.25, 0.3) is 0 Å². The van der Waals surface area contributed by atoms with Crippen LogP contribution in [0.15, 0.2) is 42.5 Å². The van der Waals surface area contributed by atoms with E-state index in [-0.39, 0.29) is 31.1 Å². The first-order chi connectivity index (χ1) is 15.9. The summed E-state index contributed by atoms with van der Waals surface area (Å²) in [4.78, 5) is 38.1. The van der Waals surface area contributed by atoms with Crippen LogP contribution in [0.4, 0.5) is 4.79 Å². The van der Waals surface area contributed by atoms with E-state index in [0.29, 0.717) is 53.0 Å². The van der Waals surface area contributed by atoms with Gasteiger partial charge in [-0.2, -0.15) is 0 Å². The lowest BCUT2D eigenvalue weighted by molar-refractivity contribution is -0.124. The number of carbonyl (C=O) groups is 3. The quantitative estimate of drug-likeness (QED) is 0.454. The second-order valence-electron chi connectivity index (χ2n) is 7.31. The van der Waals surface area contributed by atoms with Crippen LogP contribution in [0.3, 0.4) is 0 Å². The van der Waals surface area contributed by atoms with Gasteiger partial charge >= 0.3 is 6.16 Å². The van der Waals surface area contributed by atoms with Crippen LogP contribution in [0.5, 0.6) is 11.5 Å². The summed E-state index contributed by atoms with van der Waals surface area (Å²) in [6, 6.07) is 11.0. The van der Waals surface area contributed by atoms with Gasteiger partial charge in [-0.05, 0) is 62.2 Å². The van der Waals surface area contributed by atoms with Gasteiger partial charge in [-0.3, -0.25) is 9.59 Å². The number of hydrogen-bond donors (Lipinski definition) is 1. The molecule has 1 aliphatic rings. The van der Waals surface area contributed by atoms with Gasteiger partial charge in [0.15, 0.2) is 6.61 Å². The molecule has 0 radical (unpaired) electrons. The molecular formula is C23H24Cl2N2O6. The van der Waals surface area contributed by atoms with E-state index in [4.69, 9.17) is 37.4 Å². The fourth-order valence-electron chi connectivity index (χ4n) is 3.32. The molecule has 176 valence electrons. The topological polar surface area (TPSA) is 94.2 Å². The Morgan fingerprint density at radius 2 is 1.76 bits per heavy atom. The van der Waals surface area contributed by atoms with Crippen LogP contribution >= 0.6 is 23.2 Å². The summed E-state index contributed by atoms with van der Waals surface area (Å²) in [6.45, 7) is 2.75. The normalized spacial score (nSPS) is 13.8. The molecule has 3 rings (SSSR count). The van der Waals surface area contributed by atoms with E-state index in [0.717, 1.165) is 0 Å². The first kappa shape index (κ1) is 24.7.